The molecule has 1 aliphatic heterocycles. The number of rotatable bonds is 2. The maximum absolute atomic E-state index is 9.39. The molecule has 2 rings (SSSR count). The second-order valence-corrected chi connectivity index (χ2v) is 3.31. The van der Waals surface area contributed by atoms with Gasteiger partial charge < -0.3 is 23.9 Å². The van der Waals surface area contributed by atoms with Crippen LogP contribution in [-0.4, -0.2) is 32.9 Å². The van der Waals surface area contributed by atoms with Crippen LogP contribution in [-0.2, 0) is 44.3 Å². The van der Waals surface area contributed by atoms with Crippen LogP contribution in [0.2, 0.25) is 0 Å². The maximum Gasteiger partial charge on any atom is 2.00 e. The van der Waals surface area contributed by atoms with Crippen molar-refractivity contribution in [2.75, 3.05) is 19.6 Å². The zero-order valence-electron chi connectivity index (χ0n) is 11.5. The van der Waals surface area contributed by atoms with E-state index < -0.39 is 0 Å². The molecule has 1 heterocycles. The maximum atomic E-state index is 9.39. The van der Waals surface area contributed by atoms with Gasteiger partial charge in [-0.15, -0.1) is 0 Å². The van der Waals surface area contributed by atoms with Crippen molar-refractivity contribution < 1.29 is 44.3 Å². The van der Waals surface area contributed by atoms with Crippen molar-refractivity contribution in [2.24, 2.45) is 4.99 Å². The molecule has 3 nitrogen and oxygen atoms in total. The third-order valence-corrected chi connectivity index (χ3v) is 1.90. The van der Waals surface area contributed by atoms with Gasteiger partial charge in [0.25, 0.3) is 0 Å². The van der Waals surface area contributed by atoms with Gasteiger partial charge in [0.2, 0.25) is 0 Å². The Labute approximate surface area is 149 Å². The number of nitrogens with zero attached hydrogens (tertiary/aromatic N) is 1. The van der Waals surface area contributed by atoms with Gasteiger partial charge in [-0.25, -0.2) is 0 Å². The summed E-state index contributed by atoms with van der Waals surface area (Å²) in [6, 6.07) is 13.0. The molecule has 1 fully saturated rings. The minimum absolute atomic E-state index is 0. The molecule has 1 radical (unpaired) electrons. The SMILES string of the molecule is [CH-]1CCNCC1.[CH2-]CN=CB=O.[V+2].[W+2].[c-]1cc[c-]cc1. The molecular formula is C14H19BN2OVW. The van der Waals surface area contributed by atoms with Crippen molar-refractivity contribution in [1.29, 1.82) is 0 Å². The normalized spacial score (nSPS) is 12.2. The largest absolute Gasteiger partial charge is 2.00 e. The minimum atomic E-state index is 0. The second-order valence-electron chi connectivity index (χ2n) is 3.31. The summed E-state index contributed by atoms with van der Waals surface area (Å²) in [4.78, 5) is 3.49. The van der Waals surface area contributed by atoms with Crippen molar-refractivity contribution in [3.63, 3.8) is 0 Å². The zero-order valence-corrected chi connectivity index (χ0v) is 15.8. The molecule has 1 N–H and O–H groups in total. The predicted molar refractivity (Wildman–Crippen MR) is 75.7 cm³/mol. The topological polar surface area (TPSA) is 41.5 Å². The fraction of sp³-hybridized carbons (Fsp3) is 0.357. The summed E-state index contributed by atoms with van der Waals surface area (Å²) in [6.07, 6.45) is 6.05. The van der Waals surface area contributed by atoms with Crippen LogP contribution in [0.3, 0.4) is 0 Å². The molecule has 1 aromatic rings. The molecule has 0 spiro atoms. The van der Waals surface area contributed by atoms with Gasteiger partial charge in [0.05, 0.1) is 0 Å². The molecule has 0 atom stereocenters. The van der Waals surface area contributed by atoms with Gasteiger partial charge in [0.15, 0.2) is 0 Å². The molecule has 1 aromatic carbocycles. The van der Waals surface area contributed by atoms with E-state index in [4.69, 9.17) is 0 Å². The van der Waals surface area contributed by atoms with E-state index in [2.05, 4.69) is 35.8 Å². The average molecular weight is 477 g/mol. The third-order valence-electron chi connectivity index (χ3n) is 1.90. The van der Waals surface area contributed by atoms with E-state index in [1.54, 1.807) is 0 Å². The summed E-state index contributed by atoms with van der Waals surface area (Å²) < 4.78 is 9.39. The van der Waals surface area contributed by atoms with Gasteiger partial charge >= 0.3 is 76.1 Å². The number of aliphatic imine (C=N–C) groups is 1. The Hall–Kier alpha value is -0.0123. The molecule has 6 heteroatoms. The van der Waals surface area contributed by atoms with Crippen molar-refractivity contribution in [1.82, 2.24) is 5.32 Å². The smallest absolute Gasteiger partial charge is 0.319 e. The van der Waals surface area contributed by atoms with E-state index in [1.165, 1.54) is 32.0 Å². The van der Waals surface area contributed by atoms with Gasteiger partial charge in [-0.3, -0.25) is 24.3 Å². The fourth-order valence-electron chi connectivity index (χ4n) is 1.10. The van der Waals surface area contributed by atoms with Crippen LogP contribution >= 0.6 is 0 Å². The summed E-state index contributed by atoms with van der Waals surface area (Å²) in [5, 5.41) is 3.25. The average Bonchev–Trinajstić information content (AvgIpc) is 2.50. The summed E-state index contributed by atoms with van der Waals surface area (Å²) in [5.74, 6) is 0. The monoisotopic (exact) mass is 477 g/mol. The number of benzene rings is 1. The first-order valence-electron chi connectivity index (χ1n) is 5.99. The van der Waals surface area contributed by atoms with Crippen LogP contribution in [0.25, 0.3) is 0 Å². The van der Waals surface area contributed by atoms with Gasteiger partial charge in [-0.1, -0.05) is 0 Å². The molecule has 0 amide bonds. The first kappa shape index (κ1) is 25.0. The zero-order chi connectivity index (χ0) is 13.3. The number of piperidine rings is 1. The molecule has 0 aromatic heterocycles. The Morgan fingerprint density at radius 3 is 1.90 bits per heavy atom. The van der Waals surface area contributed by atoms with Crippen LogP contribution < -0.4 is 5.32 Å². The van der Waals surface area contributed by atoms with Crippen LogP contribution in [0.5, 0.6) is 0 Å². The number of hydrogen-bond donors (Lipinski definition) is 1. The van der Waals surface area contributed by atoms with Gasteiger partial charge in [-0.2, -0.15) is 12.8 Å². The van der Waals surface area contributed by atoms with Crippen molar-refractivity contribution in [3.05, 3.63) is 49.7 Å². The number of hydrogen-bond acceptors (Lipinski definition) is 3. The number of nitrogens with one attached hydrogen (secondary N) is 1. The molecule has 0 bridgehead atoms. The molecule has 0 aliphatic carbocycles. The first-order valence-corrected chi connectivity index (χ1v) is 5.99. The molecule has 20 heavy (non-hydrogen) atoms. The summed E-state index contributed by atoms with van der Waals surface area (Å²) in [5.41, 5.74) is 0. The van der Waals surface area contributed by atoms with E-state index in [9.17, 15) is 4.70 Å². The van der Waals surface area contributed by atoms with Crippen molar-refractivity contribution >= 4 is 13.3 Å². The fourth-order valence-corrected chi connectivity index (χ4v) is 1.10. The van der Waals surface area contributed by atoms with Crippen LogP contribution in [0.1, 0.15) is 12.8 Å². The Balaban J connectivity index is -0.000000206. The summed E-state index contributed by atoms with van der Waals surface area (Å²) >= 11 is 0. The van der Waals surface area contributed by atoms with Crippen LogP contribution in [0.4, 0.5) is 0 Å². The molecule has 1 saturated heterocycles. The molecule has 0 saturated carbocycles. The third kappa shape index (κ3) is 23.1. The van der Waals surface area contributed by atoms with Gasteiger partial charge in [0, 0.05) is 0 Å². The molecule has 0 unspecified atom stereocenters. The van der Waals surface area contributed by atoms with E-state index in [0.29, 0.717) is 13.7 Å². The van der Waals surface area contributed by atoms with Gasteiger partial charge in [0.1, 0.15) is 0 Å². The first-order chi connectivity index (χ1) is 8.91. The molecular weight excluding hydrogens is 458 g/mol. The Morgan fingerprint density at radius 1 is 1.25 bits per heavy atom. The Bertz CT molecular complexity index is 260. The Morgan fingerprint density at radius 2 is 1.75 bits per heavy atom. The van der Waals surface area contributed by atoms with Crippen molar-refractivity contribution in [2.45, 2.75) is 12.8 Å². The minimum Gasteiger partial charge on any atom is -0.319 e. The van der Waals surface area contributed by atoms with E-state index >= 15 is 0 Å². The standard InChI is InChI=1S/C6H4.C5H10N.C3H5BNO.V.W/c2*1-2-4-6-5-3-1;1-2-5-3-4-6;;/h1-2,5-6H;1,6H,2-5H2;3H,1-2H2;;/q-2;2*-1;2*+2. The van der Waals surface area contributed by atoms with Crippen LogP contribution in [0.15, 0.2) is 29.3 Å². The predicted octanol–water partition coefficient (Wildman–Crippen LogP) is 1.75. The van der Waals surface area contributed by atoms with Crippen LogP contribution in [0, 0.1) is 25.5 Å². The molecule has 1 aliphatic rings. The summed E-state index contributed by atoms with van der Waals surface area (Å²) in [6.45, 7) is 6.20. The Kier molecular flexibility index (Phi) is 30.0. The second kappa shape index (κ2) is 24.0. The quantitative estimate of drug-likeness (QED) is 0.401. The summed E-state index contributed by atoms with van der Waals surface area (Å²) in [7, 11) is 0.630. The van der Waals surface area contributed by atoms with E-state index in [-0.39, 0.29) is 39.6 Å². The van der Waals surface area contributed by atoms with Crippen molar-refractivity contribution in [3.8, 4) is 0 Å². The van der Waals surface area contributed by atoms with Gasteiger partial charge in [-0.05, 0) is 13.1 Å². The van der Waals surface area contributed by atoms with E-state index in [1.807, 2.05) is 24.3 Å². The van der Waals surface area contributed by atoms with E-state index in [0.717, 1.165) is 0 Å². The molecule has 105 valence electrons.